The average Bonchev–Trinajstić information content (AvgIpc) is 2.62. The van der Waals surface area contributed by atoms with E-state index in [1.54, 1.807) is 6.20 Å². The highest BCUT2D eigenvalue weighted by atomic mass is 35.5. The maximum Gasteiger partial charge on any atom is 0.142 e. The molecular formula is C14H13ClN2O. The van der Waals surface area contributed by atoms with Crippen molar-refractivity contribution in [3.05, 3.63) is 47.6 Å². The van der Waals surface area contributed by atoms with Gasteiger partial charge < -0.3 is 9.64 Å². The van der Waals surface area contributed by atoms with E-state index < -0.39 is 0 Å². The number of ether oxygens (including phenoxy) is 1. The second-order valence-corrected chi connectivity index (χ2v) is 4.59. The first-order chi connectivity index (χ1) is 8.84. The summed E-state index contributed by atoms with van der Waals surface area (Å²) in [5.74, 6) is 1.81. The molecule has 0 bridgehead atoms. The topological polar surface area (TPSA) is 25.4 Å². The van der Waals surface area contributed by atoms with Crippen LogP contribution >= 0.6 is 11.6 Å². The average molecular weight is 261 g/mol. The van der Waals surface area contributed by atoms with E-state index >= 15 is 0 Å². The summed E-state index contributed by atoms with van der Waals surface area (Å²) in [5, 5.41) is 0.651. The van der Waals surface area contributed by atoms with Gasteiger partial charge in [-0.3, -0.25) is 0 Å². The van der Waals surface area contributed by atoms with E-state index in [1.165, 1.54) is 0 Å². The van der Waals surface area contributed by atoms with E-state index in [0.717, 1.165) is 36.8 Å². The molecule has 0 radical (unpaired) electrons. The second-order valence-electron chi connectivity index (χ2n) is 4.16. The lowest BCUT2D eigenvalue weighted by Crippen LogP contribution is -2.18. The first-order valence-electron chi connectivity index (χ1n) is 5.95. The van der Waals surface area contributed by atoms with Crippen molar-refractivity contribution in [2.75, 3.05) is 18.1 Å². The van der Waals surface area contributed by atoms with Crippen LogP contribution in [-0.4, -0.2) is 18.1 Å². The molecule has 0 unspecified atom stereocenters. The summed E-state index contributed by atoms with van der Waals surface area (Å²) in [7, 11) is 0. The van der Waals surface area contributed by atoms with Crippen molar-refractivity contribution in [2.24, 2.45) is 0 Å². The predicted molar refractivity (Wildman–Crippen MR) is 72.8 cm³/mol. The Kier molecular flexibility index (Phi) is 3.07. The third kappa shape index (κ3) is 2.14. The van der Waals surface area contributed by atoms with Gasteiger partial charge in [-0.05, 0) is 30.7 Å². The van der Waals surface area contributed by atoms with Crippen LogP contribution in [0.4, 0.5) is 11.5 Å². The molecule has 1 aliphatic rings. The van der Waals surface area contributed by atoms with Crippen molar-refractivity contribution in [3.8, 4) is 5.75 Å². The van der Waals surface area contributed by atoms with Crippen LogP contribution in [0.2, 0.25) is 5.02 Å². The van der Waals surface area contributed by atoms with Crippen molar-refractivity contribution in [1.82, 2.24) is 4.98 Å². The van der Waals surface area contributed by atoms with Gasteiger partial charge in [-0.2, -0.15) is 0 Å². The number of hydrogen-bond donors (Lipinski definition) is 0. The summed E-state index contributed by atoms with van der Waals surface area (Å²) in [6.45, 7) is 1.63. The fourth-order valence-corrected chi connectivity index (χ4v) is 2.20. The highest BCUT2D eigenvalue weighted by Gasteiger charge is 2.17. The van der Waals surface area contributed by atoms with Gasteiger partial charge in [0.25, 0.3) is 0 Å². The maximum atomic E-state index is 5.88. The lowest BCUT2D eigenvalue weighted by Gasteiger charge is -2.22. The molecule has 2 heterocycles. The Bertz CT molecular complexity index is 542. The number of para-hydroxylation sites is 2. The van der Waals surface area contributed by atoms with E-state index in [-0.39, 0.29) is 0 Å². The van der Waals surface area contributed by atoms with Gasteiger partial charge in [0, 0.05) is 12.7 Å². The van der Waals surface area contributed by atoms with Gasteiger partial charge in [-0.25, -0.2) is 4.98 Å². The number of fused-ring (bicyclic) bond motifs is 1. The van der Waals surface area contributed by atoms with Gasteiger partial charge in [0.2, 0.25) is 0 Å². The molecule has 4 heteroatoms. The highest BCUT2D eigenvalue weighted by molar-refractivity contribution is 6.30. The SMILES string of the molecule is Clc1ccc(N2CCCOc3ccccc32)nc1. The minimum atomic E-state index is 0.651. The van der Waals surface area contributed by atoms with Crippen LogP contribution in [-0.2, 0) is 0 Å². The Morgan fingerprint density at radius 1 is 1.17 bits per heavy atom. The Morgan fingerprint density at radius 2 is 2.06 bits per heavy atom. The highest BCUT2D eigenvalue weighted by Crippen LogP contribution is 2.34. The first-order valence-corrected chi connectivity index (χ1v) is 6.33. The summed E-state index contributed by atoms with van der Waals surface area (Å²) < 4.78 is 5.73. The van der Waals surface area contributed by atoms with Crippen molar-refractivity contribution >= 4 is 23.1 Å². The lowest BCUT2D eigenvalue weighted by molar-refractivity contribution is 0.322. The molecule has 92 valence electrons. The fourth-order valence-electron chi connectivity index (χ4n) is 2.09. The smallest absolute Gasteiger partial charge is 0.142 e. The maximum absolute atomic E-state index is 5.88. The Labute approximate surface area is 111 Å². The van der Waals surface area contributed by atoms with E-state index in [4.69, 9.17) is 16.3 Å². The van der Waals surface area contributed by atoms with Gasteiger partial charge in [0.1, 0.15) is 11.6 Å². The molecule has 3 nitrogen and oxygen atoms in total. The molecule has 0 saturated heterocycles. The molecule has 1 aromatic carbocycles. The molecule has 1 aliphatic heterocycles. The third-order valence-corrected chi connectivity index (χ3v) is 3.15. The Morgan fingerprint density at radius 3 is 2.89 bits per heavy atom. The molecule has 0 aliphatic carbocycles. The molecule has 0 atom stereocenters. The number of nitrogens with zero attached hydrogens (tertiary/aromatic N) is 2. The van der Waals surface area contributed by atoms with Crippen molar-refractivity contribution in [1.29, 1.82) is 0 Å². The summed E-state index contributed by atoms with van der Waals surface area (Å²) in [6.07, 6.45) is 2.64. The molecule has 0 saturated carbocycles. The first kappa shape index (κ1) is 11.4. The van der Waals surface area contributed by atoms with E-state index in [9.17, 15) is 0 Å². The summed E-state index contributed by atoms with van der Waals surface area (Å²) >= 11 is 5.88. The minimum Gasteiger partial charge on any atom is -0.491 e. The number of pyridine rings is 1. The molecule has 0 spiro atoms. The van der Waals surface area contributed by atoms with Gasteiger partial charge in [0.05, 0.1) is 17.3 Å². The quantitative estimate of drug-likeness (QED) is 0.783. The number of benzene rings is 1. The zero-order valence-electron chi connectivity index (χ0n) is 9.84. The van der Waals surface area contributed by atoms with E-state index in [2.05, 4.69) is 16.0 Å². The molecule has 0 fully saturated rings. The predicted octanol–water partition coefficient (Wildman–Crippen LogP) is 3.66. The number of halogens is 1. The van der Waals surface area contributed by atoms with Crippen LogP contribution in [0.1, 0.15) is 6.42 Å². The van der Waals surface area contributed by atoms with Crippen LogP contribution in [0.15, 0.2) is 42.6 Å². The summed E-state index contributed by atoms with van der Waals surface area (Å²) in [6, 6.07) is 11.8. The van der Waals surface area contributed by atoms with Crippen LogP contribution in [0, 0.1) is 0 Å². The minimum absolute atomic E-state index is 0.651. The van der Waals surface area contributed by atoms with Crippen LogP contribution in [0.5, 0.6) is 5.75 Å². The molecule has 0 amide bonds. The van der Waals surface area contributed by atoms with E-state index in [1.807, 2.05) is 30.3 Å². The standard InChI is InChI=1S/C14H13ClN2O/c15-11-6-7-14(16-10-11)17-8-3-9-18-13-5-2-1-4-12(13)17/h1-2,4-7,10H,3,8-9H2. The number of anilines is 2. The van der Waals surface area contributed by atoms with Gasteiger partial charge >= 0.3 is 0 Å². The van der Waals surface area contributed by atoms with Crippen molar-refractivity contribution in [2.45, 2.75) is 6.42 Å². The molecule has 0 N–H and O–H groups in total. The van der Waals surface area contributed by atoms with Gasteiger partial charge in [-0.15, -0.1) is 0 Å². The van der Waals surface area contributed by atoms with Gasteiger partial charge in [-0.1, -0.05) is 23.7 Å². The Hall–Kier alpha value is -1.74. The van der Waals surface area contributed by atoms with Gasteiger partial charge in [0.15, 0.2) is 0 Å². The van der Waals surface area contributed by atoms with Crippen LogP contribution in [0.25, 0.3) is 0 Å². The largest absolute Gasteiger partial charge is 0.491 e. The number of aromatic nitrogens is 1. The molecule has 18 heavy (non-hydrogen) atoms. The van der Waals surface area contributed by atoms with Crippen LogP contribution in [0.3, 0.4) is 0 Å². The van der Waals surface area contributed by atoms with E-state index in [0.29, 0.717) is 5.02 Å². The zero-order valence-corrected chi connectivity index (χ0v) is 10.6. The number of rotatable bonds is 1. The molecule has 3 rings (SSSR count). The molecule has 1 aromatic heterocycles. The zero-order chi connectivity index (χ0) is 12.4. The second kappa shape index (κ2) is 4.86. The number of hydrogen-bond acceptors (Lipinski definition) is 3. The third-order valence-electron chi connectivity index (χ3n) is 2.93. The van der Waals surface area contributed by atoms with Crippen molar-refractivity contribution < 1.29 is 4.74 Å². The lowest BCUT2D eigenvalue weighted by atomic mass is 10.2. The monoisotopic (exact) mass is 260 g/mol. The van der Waals surface area contributed by atoms with Crippen molar-refractivity contribution in [3.63, 3.8) is 0 Å². The summed E-state index contributed by atoms with van der Waals surface area (Å²) in [5.41, 5.74) is 1.06. The van der Waals surface area contributed by atoms with Crippen LogP contribution < -0.4 is 9.64 Å². The Balaban J connectivity index is 2.03. The molecule has 2 aromatic rings. The fraction of sp³-hybridized carbons (Fsp3) is 0.214. The molecular weight excluding hydrogens is 248 g/mol. The summed E-state index contributed by atoms with van der Waals surface area (Å²) in [4.78, 5) is 6.55. The normalized spacial score (nSPS) is 14.6.